The third-order valence-corrected chi connectivity index (χ3v) is 6.05. The molecule has 25 heavy (non-hydrogen) atoms. The van der Waals surface area contributed by atoms with E-state index in [0.717, 1.165) is 0 Å². The third-order valence-electron chi connectivity index (χ3n) is 3.76. The summed E-state index contributed by atoms with van der Waals surface area (Å²) < 4.78 is 31.4. The van der Waals surface area contributed by atoms with Crippen molar-refractivity contribution in [3.8, 4) is 0 Å². The highest BCUT2D eigenvalue weighted by Gasteiger charge is 2.20. The van der Waals surface area contributed by atoms with Crippen LogP contribution in [0.3, 0.4) is 0 Å². The molecule has 134 valence electrons. The number of rotatable bonds is 8. The van der Waals surface area contributed by atoms with Crippen LogP contribution in [0, 0.1) is 0 Å². The molecule has 0 N–H and O–H groups in total. The zero-order valence-electron chi connectivity index (χ0n) is 14.1. The van der Waals surface area contributed by atoms with Crippen LogP contribution in [0.25, 0.3) is 0 Å². The number of carbonyl (C=O) groups is 1. The van der Waals surface area contributed by atoms with E-state index in [1.54, 1.807) is 31.2 Å². The first-order chi connectivity index (χ1) is 11.9. The Balaban J connectivity index is 2.07. The number of ketones is 1. The zero-order chi connectivity index (χ0) is 18.4. The summed E-state index contributed by atoms with van der Waals surface area (Å²) in [5.74, 6) is -0.147. The molecule has 2 aromatic carbocycles. The lowest BCUT2D eigenvalue weighted by atomic mass is 10.1. The summed E-state index contributed by atoms with van der Waals surface area (Å²) in [4.78, 5) is 12.2. The van der Waals surface area contributed by atoms with Crippen molar-refractivity contribution in [2.75, 3.05) is 20.2 Å². The molecule has 0 amide bonds. The summed E-state index contributed by atoms with van der Waals surface area (Å²) in [6, 6.07) is 13.3. The highest BCUT2D eigenvalue weighted by atomic mass is 35.5. The predicted molar refractivity (Wildman–Crippen MR) is 97.4 cm³/mol. The summed E-state index contributed by atoms with van der Waals surface area (Å²) >= 11 is 6.12. The lowest BCUT2D eigenvalue weighted by Gasteiger charge is -2.16. The maximum atomic E-state index is 12.4. The summed E-state index contributed by atoms with van der Waals surface area (Å²) in [5.41, 5.74) is 1.09. The highest BCUT2D eigenvalue weighted by Crippen LogP contribution is 2.23. The number of benzene rings is 2. The van der Waals surface area contributed by atoms with Crippen LogP contribution in [0.4, 0.5) is 0 Å². The maximum absolute atomic E-state index is 12.4. The molecular formula is C18H20ClNO4S. The summed E-state index contributed by atoms with van der Waals surface area (Å²) in [5, 5.41) is 0.394. The molecule has 0 atom stereocenters. The number of halogens is 1. The fourth-order valence-electron chi connectivity index (χ4n) is 2.13. The van der Waals surface area contributed by atoms with Gasteiger partial charge in [-0.15, -0.1) is 0 Å². The van der Waals surface area contributed by atoms with E-state index >= 15 is 0 Å². The van der Waals surface area contributed by atoms with E-state index in [-0.39, 0.29) is 23.9 Å². The Morgan fingerprint density at radius 3 is 2.48 bits per heavy atom. The Morgan fingerprint density at radius 2 is 1.84 bits per heavy atom. The number of hydrogen-bond donors (Lipinski definition) is 0. The smallest absolute Gasteiger partial charge is 0.242 e. The van der Waals surface area contributed by atoms with Crippen LogP contribution >= 0.6 is 11.6 Å². The molecule has 0 radical (unpaired) electrons. The Morgan fingerprint density at radius 1 is 1.16 bits per heavy atom. The topological polar surface area (TPSA) is 63.7 Å². The molecule has 0 bridgehead atoms. The molecule has 0 unspecified atom stereocenters. The van der Waals surface area contributed by atoms with Gasteiger partial charge in [-0.1, -0.05) is 48.9 Å². The van der Waals surface area contributed by atoms with E-state index in [0.29, 0.717) is 22.7 Å². The standard InChI is InChI=1S/C18H20ClNO4S/c1-3-20(2)25(22,23)16-9-10-17(19)15(11-16)12-24-13-18(21)14-7-5-4-6-8-14/h4-11H,3,12-13H2,1-2H3. The number of nitrogens with zero attached hydrogens (tertiary/aromatic N) is 1. The molecule has 0 fully saturated rings. The number of ether oxygens (including phenoxy) is 1. The summed E-state index contributed by atoms with van der Waals surface area (Å²) in [6.45, 7) is 2.07. The molecule has 0 aromatic heterocycles. The molecule has 7 heteroatoms. The van der Waals surface area contributed by atoms with Gasteiger partial charge in [-0.3, -0.25) is 4.79 Å². The number of Topliss-reactive ketones (excluding diaryl/α,β-unsaturated/α-hetero) is 1. The molecule has 0 aliphatic rings. The minimum atomic E-state index is -3.56. The molecule has 2 rings (SSSR count). The molecule has 0 saturated carbocycles. The fraction of sp³-hybridized carbons (Fsp3) is 0.278. The van der Waals surface area contributed by atoms with Gasteiger partial charge in [0.1, 0.15) is 6.61 Å². The second-order valence-corrected chi connectivity index (χ2v) is 7.91. The first-order valence-corrected chi connectivity index (χ1v) is 9.58. The van der Waals surface area contributed by atoms with Gasteiger partial charge in [-0.2, -0.15) is 0 Å². The second-order valence-electron chi connectivity index (χ2n) is 5.45. The Labute approximate surface area is 153 Å². The molecule has 0 heterocycles. The largest absolute Gasteiger partial charge is 0.369 e. The first kappa shape index (κ1) is 19.6. The second kappa shape index (κ2) is 8.58. The van der Waals surface area contributed by atoms with Crippen molar-refractivity contribution in [1.29, 1.82) is 0 Å². The van der Waals surface area contributed by atoms with Gasteiger partial charge < -0.3 is 4.74 Å². The van der Waals surface area contributed by atoms with Crippen LogP contribution in [-0.4, -0.2) is 38.7 Å². The Bertz CT molecular complexity index is 837. The van der Waals surface area contributed by atoms with E-state index < -0.39 is 10.0 Å². The van der Waals surface area contributed by atoms with Gasteiger partial charge in [0.15, 0.2) is 5.78 Å². The van der Waals surface area contributed by atoms with Crippen molar-refractivity contribution in [2.45, 2.75) is 18.4 Å². The van der Waals surface area contributed by atoms with Crippen molar-refractivity contribution in [2.24, 2.45) is 0 Å². The molecule has 0 saturated heterocycles. The van der Waals surface area contributed by atoms with Crippen LogP contribution in [0.2, 0.25) is 5.02 Å². The van der Waals surface area contributed by atoms with Crippen molar-refractivity contribution < 1.29 is 17.9 Å². The van der Waals surface area contributed by atoms with Gasteiger partial charge in [-0.25, -0.2) is 12.7 Å². The Hall–Kier alpha value is -1.73. The number of sulfonamides is 1. The zero-order valence-corrected chi connectivity index (χ0v) is 15.7. The fourth-order valence-corrected chi connectivity index (χ4v) is 3.54. The molecule has 0 spiro atoms. The normalized spacial score (nSPS) is 11.7. The van der Waals surface area contributed by atoms with Crippen LogP contribution in [0.15, 0.2) is 53.4 Å². The minimum Gasteiger partial charge on any atom is -0.369 e. The first-order valence-electron chi connectivity index (χ1n) is 7.77. The monoisotopic (exact) mass is 381 g/mol. The van der Waals surface area contributed by atoms with Crippen molar-refractivity contribution in [3.63, 3.8) is 0 Å². The average Bonchev–Trinajstić information content (AvgIpc) is 2.62. The molecule has 2 aromatic rings. The van der Waals surface area contributed by atoms with Crippen LogP contribution < -0.4 is 0 Å². The lowest BCUT2D eigenvalue weighted by Crippen LogP contribution is -2.26. The average molecular weight is 382 g/mol. The lowest BCUT2D eigenvalue weighted by molar-refractivity contribution is 0.0726. The van der Waals surface area contributed by atoms with Crippen LogP contribution in [-0.2, 0) is 21.4 Å². The van der Waals surface area contributed by atoms with E-state index in [4.69, 9.17) is 16.3 Å². The molecule has 0 aliphatic carbocycles. The van der Waals surface area contributed by atoms with Crippen molar-refractivity contribution >= 4 is 27.4 Å². The SMILES string of the molecule is CCN(C)S(=O)(=O)c1ccc(Cl)c(COCC(=O)c2ccccc2)c1. The summed E-state index contributed by atoms with van der Waals surface area (Å²) in [6.07, 6.45) is 0. The van der Waals surface area contributed by atoms with E-state index in [9.17, 15) is 13.2 Å². The molecule has 5 nitrogen and oxygen atoms in total. The number of carbonyl (C=O) groups excluding carboxylic acids is 1. The quantitative estimate of drug-likeness (QED) is 0.657. The highest BCUT2D eigenvalue weighted by molar-refractivity contribution is 7.89. The van der Waals surface area contributed by atoms with Gasteiger partial charge in [0, 0.05) is 24.2 Å². The third kappa shape index (κ3) is 4.89. The maximum Gasteiger partial charge on any atom is 0.242 e. The molecule has 0 aliphatic heterocycles. The summed E-state index contributed by atoms with van der Waals surface area (Å²) in [7, 11) is -2.05. The van der Waals surface area contributed by atoms with Crippen LogP contribution in [0.5, 0.6) is 0 Å². The van der Waals surface area contributed by atoms with E-state index in [1.807, 2.05) is 6.07 Å². The van der Waals surface area contributed by atoms with Gasteiger partial charge in [0.05, 0.1) is 11.5 Å². The Kier molecular flexibility index (Phi) is 6.72. The van der Waals surface area contributed by atoms with E-state index in [1.165, 1.54) is 29.6 Å². The van der Waals surface area contributed by atoms with Crippen molar-refractivity contribution in [1.82, 2.24) is 4.31 Å². The predicted octanol–water partition coefficient (Wildman–Crippen LogP) is 3.38. The molecular weight excluding hydrogens is 362 g/mol. The minimum absolute atomic E-state index is 0.0522. The van der Waals surface area contributed by atoms with Gasteiger partial charge in [0.2, 0.25) is 10.0 Å². The number of hydrogen-bond acceptors (Lipinski definition) is 4. The van der Waals surface area contributed by atoms with E-state index in [2.05, 4.69) is 0 Å². The van der Waals surface area contributed by atoms with Crippen molar-refractivity contribution in [3.05, 3.63) is 64.7 Å². The van der Waals surface area contributed by atoms with Gasteiger partial charge >= 0.3 is 0 Å². The van der Waals surface area contributed by atoms with Gasteiger partial charge in [-0.05, 0) is 23.8 Å². The van der Waals surface area contributed by atoms with Gasteiger partial charge in [0.25, 0.3) is 0 Å². The van der Waals surface area contributed by atoms with Crippen LogP contribution in [0.1, 0.15) is 22.8 Å².